The van der Waals surface area contributed by atoms with E-state index in [-0.39, 0.29) is 25.0 Å². The number of carbonyl (C=O) groups is 4. The van der Waals surface area contributed by atoms with Crippen LogP contribution in [-0.4, -0.2) is 84.3 Å². The third-order valence-electron chi connectivity index (χ3n) is 10.4. The molecule has 1 aliphatic heterocycles. The van der Waals surface area contributed by atoms with Crippen LogP contribution in [-0.2, 0) is 24.0 Å². The van der Waals surface area contributed by atoms with Crippen molar-refractivity contribution in [3.05, 3.63) is 67.3 Å². The van der Waals surface area contributed by atoms with Gasteiger partial charge in [-0.3, -0.25) is 19.2 Å². The normalized spacial score (nSPS) is 23.2. The molecule has 3 aliphatic rings. The number of methoxy groups -OCH3 is 1. The molecule has 0 unspecified atom stereocenters. The van der Waals surface area contributed by atoms with Crippen molar-refractivity contribution in [2.75, 3.05) is 20.8 Å². The lowest BCUT2D eigenvalue weighted by Crippen LogP contribution is -2.60. The first-order valence-electron chi connectivity index (χ1n) is 18.1. The summed E-state index contributed by atoms with van der Waals surface area (Å²) < 4.78 is 17.9. The van der Waals surface area contributed by atoms with E-state index in [0.29, 0.717) is 29.1 Å². The lowest BCUT2D eigenvalue weighted by molar-refractivity contribution is -0.144. The number of amides is 4. The van der Waals surface area contributed by atoms with Crippen molar-refractivity contribution >= 4 is 34.7 Å². The molecule has 13 heteroatoms. The van der Waals surface area contributed by atoms with Gasteiger partial charge in [0.05, 0.1) is 32.0 Å². The van der Waals surface area contributed by atoms with Gasteiger partial charge < -0.3 is 29.7 Å². The van der Waals surface area contributed by atoms with E-state index < -0.39 is 53.0 Å². The molecule has 2 aliphatic carbocycles. The predicted octanol–water partition coefficient (Wildman–Crippen LogP) is 5.08. The zero-order valence-corrected chi connectivity index (χ0v) is 31.0. The number of alkyl carbamates (subject to hydrolysis) is 1. The Hall–Kier alpha value is -5.17. The largest absolute Gasteiger partial charge is 0.497 e. The topological polar surface area (TPSA) is 157 Å². The average Bonchev–Trinajstić information content (AvgIpc) is 3.39. The van der Waals surface area contributed by atoms with Crippen molar-refractivity contribution < 1.29 is 38.2 Å². The van der Waals surface area contributed by atoms with Crippen molar-refractivity contribution in [2.45, 2.75) is 89.1 Å². The Kier molecular flexibility index (Phi) is 10.9. The van der Waals surface area contributed by atoms with E-state index in [0.717, 1.165) is 36.6 Å². The molecule has 3 N–H and O–H groups in total. The molecule has 282 valence electrons. The summed E-state index contributed by atoms with van der Waals surface area (Å²) in [5, 5.41) is 6.46. The van der Waals surface area contributed by atoms with Crippen LogP contribution >= 0.6 is 0 Å². The molecule has 0 bridgehead atoms. The fraction of sp³-hybridized carbons (Fsp3) is 0.475. The molecule has 4 amide bonds. The maximum Gasteiger partial charge on any atom is 0.408 e. The van der Waals surface area contributed by atoms with Gasteiger partial charge >= 0.3 is 6.09 Å². The summed E-state index contributed by atoms with van der Waals surface area (Å²) in [6.45, 7) is 9.39. The number of rotatable bonds is 12. The molecule has 2 heterocycles. The van der Waals surface area contributed by atoms with Crippen LogP contribution < -0.4 is 25.6 Å². The number of nitrogens with zero attached hydrogens (tertiary/aromatic N) is 2. The van der Waals surface area contributed by atoms with Gasteiger partial charge in [-0.05, 0) is 49.7 Å². The van der Waals surface area contributed by atoms with Gasteiger partial charge in [0.1, 0.15) is 41.3 Å². The summed E-state index contributed by atoms with van der Waals surface area (Å²) in [5.41, 5.74) is 2.51. The highest BCUT2D eigenvalue weighted by molar-refractivity contribution is 5.98. The molecule has 2 saturated carbocycles. The summed E-state index contributed by atoms with van der Waals surface area (Å²) in [7, 11) is 2.91. The maximum atomic E-state index is 14.6. The summed E-state index contributed by atoms with van der Waals surface area (Å²) in [5.74, 6) is -0.691. The number of nitrogens with one attached hydrogen (secondary N) is 3. The van der Waals surface area contributed by atoms with Gasteiger partial charge in [-0.2, -0.15) is 0 Å². The Labute approximate surface area is 309 Å². The number of hydroxylamine groups is 1. The van der Waals surface area contributed by atoms with Crippen molar-refractivity contribution in [1.82, 2.24) is 26.0 Å². The molecule has 1 aromatic heterocycles. The Balaban J connectivity index is 1.33. The summed E-state index contributed by atoms with van der Waals surface area (Å²) in [6, 6.07) is 15.0. The molecule has 1 saturated heterocycles. The van der Waals surface area contributed by atoms with E-state index >= 15 is 0 Å². The Bertz CT molecular complexity index is 1860. The van der Waals surface area contributed by atoms with Crippen LogP contribution in [0.1, 0.15) is 59.3 Å². The highest BCUT2D eigenvalue weighted by Gasteiger charge is 2.61. The van der Waals surface area contributed by atoms with Gasteiger partial charge in [0.25, 0.3) is 5.91 Å². The number of hydrogen-bond acceptors (Lipinski definition) is 9. The maximum absolute atomic E-state index is 14.6. The van der Waals surface area contributed by atoms with Crippen molar-refractivity contribution in [3.63, 3.8) is 0 Å². The molecule has 3 fully saturated rings. The summed E-state index contributed by atoms with van der Waals surface area (Å²) in [4.78, 5) is 66.4. The number of carbonyl (C=O) groups excluding carboxylic acids is 4. The number of pyridine rings is 1. The van der Waals surface area contributed by atoms with Crippen LogP contribution in [0.5, 0.6) is 11.5 Å². The Morgan fingerprint density at radius 3 is 2.40 bits per heavy atom. The molecule has 53 heavy (non-hydrogen) atoms. The van der Waals surface area contributed by atoms with Crippen LogP contribution in [0.25, 0.3) is 22.2 Å². The van der Waals surface area contributed by atoms with Crippen LogP contribution in [0.4, 0.5) is 4.79 Å². The highest BCUT2D eigenvalue weighted by atomic mass is 16.6. The third-order valence-corrected chi connectivity index (χ3v) is 10.4. The molecule has 2 aromatic carbocycles. The first-order chi connectivity index (χ1) is 25.4. The van der Waals surface area contributed by atoms with E-state index in [1.807, 2.05) is 75.4 Å². The molecule has 0 spiro atoms. The number of ether oxygens (including phenoxy) is 3. The fourth-order valence-electron chi connectivity index (χ4n) is 7.36. The van der Waals surface area contributed by atoms with Crippen LogP contribution in [0.15, 0.2) is 67.3 Å². The molecule has 13 nitrogen and oxygen atoms in total. The lowest BCUT2D eigenvalue weighted by Gasteiger charge is -2.35. The monoisotopic (exact) mass is 727 g/mol. The summed E-state index contributed by atoms with van der Waals surface area (Å²) in [6.07, 6.45) is 4.06. The van der Waals surface area contributed by atoms with Crippen molar-refractivity contribution in [1.29, 1.82) is 0 Å². The van der Waals surface area contributed by atoms with Gasteiger partial charge in [-0.1, -0.05) is 57.2 Å². The molecule has 6 rings (SSSR count). The zero-order chi connectivity index (χ0) is 37.9. The summed E-state index contributed by atoms with van der Waals surface area (Å²) >= 11 is 0. The van der Waals surface area contributed by atoms with Gasteiger partial charge in [-0.15, -0.1) is 6.58 Å². The van der Waals surface area contributed by atoms with Gasteiger partial charge in [0.2, 0.25) is 11.8 Å². The number of hydrogen-bond donors (Lipinski definition) is 3. The van der Waals surface area contributed by atoms with E-state index in [9.17, 15) is 19.2 Å². The standard InChI is InChI=1S/C40H49N5O8/c1-7-25-22-40(25,37(48)44-51-6)43-35(46)32-20-28(23-45(32)36(47)34(39(2,3)4)42-38(49)53-26-15-11-12-16-26)52-33-21-30(24-13-9-8-10-14-24)41-31-19-27(50-5)17-18-29(31)33/h7-10,13-14,17-19,21,25-26,28,32,34H,1,11-12,15-16,20,22-23H2,2-6H3,(H,42,49)(H,43,46)(H,44,48)/t25-,28-,32+,34-,40-/m1/s1. The van der Waals surface area contributed by atoms with E-state index in [1.54, 1.807) is 13.2 Å². The average molecular weight is 728 g/mol. The molecular formula is C40H49N5O8. The zero-order valence-electron chi connectivity index (χ0n) is 31.0. The third kappa shape index (κ3) is 8.09. The van der Waals surface area contributed by atoms with Crippen molar-refractivity contribution in [2.24, 2.45) is 11.3 Å². The Morgan fingerprint density at radius 1 is 1.02 bits per heavy atom. The fourth-order valence-corrected chi connectivity index (χ4v) is 7.36. The molecule has 0 radical (unpaired) electrons. The van der Waals surface area contributed by atoms with E-state index in [1.165, 1.54) is 12.0 Å². The molecular weight excluding hydrogens is 678 g/mol. The first-order valence-corrected chi connectivity index (χ1v) is 18.1. The second-order valence-corrected chi connectivity index (χ2v) is 15.1. The number of benzene rings is 2. The highest BCUT2D eigenvalue weighted by Crippen LogP contribution is 2.45. The second kappa shape index (κ2) is 15.4. The molecule has 5 atom stereocenters. The molecule has 3 aromatic rings. The van der Waals surface area contributed by atoms with Crippen molar-refractivity contribution in [3.8, 4) is 22.8 Å². The first kappa shape index (κ1) is 37.6. The number of fused-ring (bicyclic) bond motifs is 1. The minimum absolute atomic E-state index is 0.0334. The van der Waals surface area contributed by atoms with Crippen LogP contribution in [0.3, 0.4) is 0 Å². The van der Waals surface area contributed by atoms with Gasteiger partial charge in [0, 0.05) is 35.4 Å². The minimum atomic E-state index is -1.28. The Morgan fingerprint density at radius 2 is 1.75 bits per heavy atom. The smallest absolute Gasteiger partial charge is 0.408 e. The SMILES string of the molecule is C=C[C@@H]1C[C@]1(NC(=O)[C@@H]1C[C@@H](Oc2cc(-c3ccccc3)nc3cc(OC)ccc23)CN1C(=O)[C@@H](NC(=O)OC1CCCC1)C(C)(C)C)C(=O)NOC. The van der Waals surface area contributed by atoms with Gasteiger partial charge in [0.15, 0.2) is 0 Å². The quantitative estimate of drug-likeness (QED) is 0.171. The lowest BCUT2D eigenvalue weighted by atomic mass is 9.85. The number of aromatic nitrogens is 1. The van der Waals surface area contributed by atoms with E-state index in [2.05, 4.69) is 22.7 Å². The van der Waals surface area contributed by atoms with Crippen LogP contribution in [0, 0.1) is 11.3 Å². The van der Waals surface area contributed by atoms with Crippen LogP contribution in [0.2, 0.25) is 0 Å². The minimum Gasteiger partial charge on any atom is -0.497 e. The second-order valence-electron chi connectivity index (χ2n) is 15.1. The van der Waals surface area contributed by atoms with E-state index in [4.69, 9.17) is 24.0 Å². The van der Waals surface area contributed by atoms with Gasteiger partial charge in [-0.25, -0.2) is 15.3 Å². The number of likely N-dealkylation sites (tertiary alicyclic amines) is 1. The predicted molar refractivity (Wildman–Crippen MR) is 198 cm³/mol.